The van der Waals surface area contributed by atoms with E-state index in [1.54, 1.807) is 24.3 Å². The van der Waals surface area contributed by atoms with Crippen LogP contribution >= 0.6 is 0 Å². The molecule has 0 fully saturated rings. The first-order valence-electron chi connectivity index (χ1n) is 6.93. The summed E-state index contributed by atoms with van der Waals surface area (Å²) in [5.74, 6) is -0.146. The van der Waals surface area contributed by atoms with Crippen molar-refractivity contribution in [3.63, 3.8) is 0 Å². The van der Waals surface area contributed by atoms with Crippen LogP contribution in [0.1, 0.15) is 29.3 Å². The van der Waals surface area contributed by atoms with Crippen LogP contribution in [0, 0.1) is 6.92 Å². The third kappa shape index (κ3) is 3.11. The van der Waals surface area contributed by atoms with Gasteiger partial charge >= 0.3 is 0 Å². The zero-order chi connectivity index (χ0) is 15.4. The number of carbonyl (C=O) groups is 1. The average molecular weight is 288 g/mol. The van der Waals surface area contributed by atoms with E-state index in [4.69, 9.17) is 0 Å². The summed E-state index contributed by atoms with van der Waals surface area (Å²) in [5.41, 5.74) is 2.15. The highest BCUT2D eigenvalue weighted by Crippen LogP contribution is 2.18. The molecule has 2 rings (SSSR count). The van der Waals surface area contributed by atoms with Crippen LogP contribution in [0.15, 0.2) is 30.6 Å². The molecule has 1 aromatic heterocycles. The second-order valence-corrected chi connectivity index (χ2v) is 5.00. The Bertz CT molecular complexity index is 606. The molecule has 0 unspecified atom stereocenters. The fourth-order valence-corrected chi connectivity index (χ4v) is 2.22. The van der Waals surface area contributed by atoms with Gasteiger partial charge in [-0.1, -0.05) is 18.6 Å². The molecular weight excluding hydrogens is 268 g/mol. The molecule has 6 heteroatoms. The third-order valence-electron chi connectivity index (χ3n) is 3.57. The van der Waals surface area contributed by atoms with Crippen molar-refractivity contribution in [2.24, 2.45) is 0 Å². The number of hydrogen-bond acceptors (Lipinski definition) is 4. The van der Waals surface area contributed by atoms with Gasteiger partial charge in [0.15, 0.2) is 0 Å². The molecular formula is C15H20N4O2. The maximum absolute atomic E-state index is 12.7. The molecule has 1 heterocycles. The second kappa shape index (κ2) is 6.49. The Balaban J connectivity index is 2.43. The molecule has 0 radical (unpaired) electrons. The monoisotopic (exact) mass is 288 g/mol. The largest absolute Gasteiger partial charge is 0.394 e. The first kappa shape index (κ1) is 15.2. The van der Waals surface area contributed by atoms with E-state index in [0.29, 0.717) is 17.7 Å². The van der Waals surface area contributed by atoms with E-state index < -0.39 is 0 Å². The predicted molar refractivity (Wildman–Crippen MR) is 79.4 cm³/mol. The number of amides is 1. The van der Waals surface area contributed by atoms with Gasteiger partial charge < -0.3 is 10.0 Å². The summed E-state index contributed by atoms with van der Waals surface area (Å²) in [6.07, 6.45) is 3.83. The first-order valence-corrected chi connectivity index (χ1v) is 6.93. The molecule has 1 amide bonds. The number of aromatic nitrogens is 3. The van der Waals surface area contributed by atoms with E-state index in [0.717, 1.165) is 5.56 Å². The van der Waals surface area contributed by atoms with Gasteiger partial charge in [-0.05, 0) is 25.5 Å². The van der Waals surface area contributed by atoms with E-state index in [1.807, 2.05) is 32.0 Å². The Labute approximate surface area is 124 Å². The van der Waals surface area contributed by atoms with E-state index in [-0.39, 0.29) is 18.6 Å². The standard InChI is InChI=1S/C15H20N4O2/c1-4-12(10-20)18(3)15(21)13-9-11(2)5-6-14(13)19-16-7-8-17-19/h5-9,12,20H,4,10H2,1-3H3/t12-/m0/s1. The summed E-state index contributed by atoms with van der Waals surface area (Å²) in [5, 5.41) is 17.6. The van der Waals surface area contributed by atoms with E-state index >= 15 is 0 Å². The van der Waals surface area contributed by atoms with Gasteiger partial charge in [-0.2, -0.15) is 15.0 Å². The Morgan fingerprint density at radius 3 is 2.62 bits per heavy atom. The third-order valence-corrected chi connectivity index (χ3v) is 3.57. The van der Waals surface area contributed by atoms with Gasteiger partial charge in [0.1, 0.15) is 0 Å². The Kier molecular flexibility index (Phi) is 4.70. The van der Waals surface area contributed by atoms with Crippen LogP contribution < -0.4 is 0 Å². The number of hydrogen-bond donors (Lipinski definition) is 1. The highest BCUT2D eigenvalue weighted by Gasteiger charge is 2.22. The van der Waals surface area contributed by atoms with Crippen LogP contribution in [-0.4, -0.2) is 50.6 Å². The Morgan fingerprint density at radius 1 is 1.38 bits per heavy atom. The van der Waals surface area contributed by atoms with Crippen molar-refractivity contribution in [3.8, 4) is 5.69 Å². The quantitative estimate of drug-likeness (QED) is 0.903. The zero-order valence-electron chi connectivity index (χ0n) is 12.5. The molecule has 2 aromatic rings. The van der Waals surface area contributed by atoms with Gasteiger partial charge in [-0.25, -0.2) is 0 Å². The molecule has 1 aromatic carbocycles. The van der Waals surface area contributed by atoms with Gasteiger partial charge in [0.05, 0.1) is 36.3 Å². The minimum absolute atomic E-state index is 0.0556. The number of carbonyl (C=O) groups excluding carboxylic acids is 1. The van der Waals surface area contributed by atoms with Crippen molar-refractivity contribution in [3.05, 3.63) is 41.7 Å². The molecule has 112 valence electrons. The number of aliphatic hydroxyl groups excluding tert-OH is 1. The summed E-state index contributed by atoms with van der Waals surface area (Å²) >= 11 is 0. The molecule has 0 saturated heterocycles. The molecule has 0 aliphatic rings. The van der Waals surface area contributed by atoms with Gasteiger partial charge in [-0.3, -0.25) is 4.79 Å². The maximum Gasteiger partial charge on any atom is 0.256 e. The van der Waals surface area contributed by atoms with Crippen LogP contribution in [-0.2, 0) is 0 Å². The molecule has 0 bridgehead atoms. The molecule has 0 spiro atoms. The molecule has 0 aliphatic heterocycles. The van der Waals surface area contributed by atoms with E-state index in [9.17, 15) is 9.90 Å². The average Bonchev–Trinajstić information content (AvgIpc) is 3.01. The second-order valence-electron chi connectivity index (χ2n) is 5.00. The molecule has 1 N–H and O–H groups in total. The van der Waals surface area contributed by atoms with Crippen LogP contribution in [0.5, 0.6) is 0 Å². The fourth-order valence-electron chi connectivity index (χ4n) is 2.22. The lowest BCUT2D eigenvalue weighted by molar-refractivity contribution is 0.0654. The molecule has 0 saturated carbocycles. The fraction of sp³-hybridized carbons (Fsp3) is 0.400. The minimum atomic E-state index is -0.198. The molecule has 6 nitrogen and oxygen atoms in total. The van der Waals surface area contributed by atoms with Crippen molar-refractivity contribution in [1.82, 2.24) is 19.9 Å². The van der Waals surface area contributed by atoms with Crippen LogP contribution in [0.25, 0.3) is 5.69 Å². The number of aliphatic hydroxyl groups is 1. The maximum atomic E-state index is 12.7. The number of likely N-dealkylation sites (N-methyl/N-ethyl adjacent to an activating group) is 1. The van der Waals surface area contributed by atoms with Gasteiger partial charge in [-0.15, -0.1) is 0 Å². The van der Waals surface area contributed by atoms with Crippen molar-refractivity contribution in [1.29, 1.82) is 0 Å². The Morgan fingerprint density at radius 2 is 2.05 bits per heavy atom. The lowest BCUT2D eigenvalue weighted by atomic mass is 10.1. The Hall–Kier alpha value is -2.21. The molecule has 0 aliphatic carbocycles. The van der Waals surface area contributed by atoms with Gasteiger partial charge in [0.2, 0.25) is 0 Å². The van der Waals surface area contributed by atoms with Gasteiger partial charge in [0.25, 0.3) is 5.91 Å². The molecule has 1 atom stereocenters. The number of rotatable bonds is 5. The topological polar surface area (TPSA) is 71.2 Å². The van der Waals surface area contributed by atoms with E-state index in [2.05, 4.69) is 10.2 Å². The lowest BCUT2D eigenvalue weighted by Gasteiger charge is -2.26. The summed E-state index contributed by atoms with van der Waals surface area (Å²) in [6, 6.07) is 5.37. The number of benzene rings is 1. The number of aryl methyl sites for hydroxylation is 1. The van der Waals surface area contributed by atoms with Crippen LogP contribution in [0.4, 0.5) is 0 Å². The normalized spacial score (nSPS) is 12.2. The highest BCUT2D eigenvalue weighted by molar-refractivity contribution is 5.98. The van der Waals surface area contributed by atoms with Crippen molar-refractivity contribution in [2.45, 2.75) is 26.3 Å². The zero-order valence-corrected chi connectivity index (χ0v) is 12.5. The van der Waals surface area contributed by atoms with Crippen molar-refractivity contribution in [2.75, 3.05) is 13.7 Å². The molecule has 21 heavy (non-hydrogen) atoms. The first-order chi connectivity index (χ1) is 10.1. The van der Waals surface area contributed by atoms with Crippen molar-refractivity contribution >= 4 is 5.91 Å². The number of nitrogens with zero attached hydrogens (tertiary/aromatic N) is 4. The highest BCUT2D eigenvalue weighted by atomic mass is 16.3. The SMILES string of the molecule is CC[C@@H](CO)N(C)C(=O)c1cc(C)ccc1-n1nccn1. The summed E-state index contributed by atoms with van der Waals surface area (Å²) in [7, 11) is 1.70. The summed E-state index contributed by atoms with van der Waals surface area (Å²) < 4.78 is 0. The van der Waals surface area contributed by atoms with Gasteiger partial charge in [0, 0.05) is 7.05 Å². The smallest absolute Gasteiger partial charge is 0.256 e. The van der Waals surface area contributed by atoms with Crippen LogP contribution in [0.3, 0.4) is 0 Å². The van der Waals surface area contributed by atoms with Crippen LogP contribution in [0.2, 0.25) is 0 Å². The van der Waals surface area contributed by atoms with Crippen molar-refractivity contribution < 1.29 is 9.90 Å². The van der Waals surface area contributed by atoms with E-state index in [1.165, 1.54) is 4.80 Å². The minimum Gasteiger partial charge on any atom is -0.394 e. The predicted octanol–water partition coefficient (Wildman–Crippen LogP) is 1.42. The summed E-state index contributed by atoms with van der Waals surface area (Å²) in [6.45, 7) is 3.82. The lowest BCUT2D eigenvalue weighted by Crippen LogP contribution is -2.39. The summed E-state index contributed by atoms with van der Waals surface area (Å²) in [4.78, 5) is 15.7.